The van der Waals surface area contributed by atoms with Crippen LogP contribution in [0.4, 0.5) is 10.1 Å². The highest BCUT2D eigenvalue weighted by atomic mass is 32.2. The Morgan fingerprint density at radius 3 is 2.67 bits per heavy atom. The summed E-state index contributed by atoms with van der Waals surface area (Å²) in [7, 11) is 1.01. The number of esters is 1. The predicted octanol–water partition coefficient (Wildman–Crippen LogP) is 1.24. The van der Waals surface area contributed by atoms with E-state index in [0.717, 1.165) is 13.2 Å². The highest BCUT2D eigenvalue weighted by molar-refractivity contribution is 7.78. The summed E-state index contributed by atoms with van der Waals surface area (Å²) < 4.78 is 37.0. The summed E-state index contributed by atoms with van der Waals surface area (Å²) in [6.45, 7) is 0. The third kappa shape index (κ3) is 3.08. The molecule has 98 valence electrons. The molecule has 1 N–H and O–H groups in total. The van der Waals surface area contributed by atoms with Crippen molar-refractivity contribution in [3.8, 4) is 0 Å². The fourth-order valence-electron chi connectivity index (χ4n) is 1.28. The summed E-state index contributed by atoms with van der Waals surface area (Å²) in [5.41, 5.74) is -1.50. The molecule has 0 aliphatic heterocycles. The van der Waals surface area contributed by atoms with Gasteiger partial charge in [0.1, 0.15) is 11.4 Å². The SMILES string of the molecule is COC(=O)c1cc(CS(=O)O)c(F)cc1[N+](=O)[O-]. The zero-order valence-corrected chi connectivity index (χ0v) is 9.90. The average Bonchev–Trinajstić information content (AvgIpc) is 2.29. The van der Waals surface area contributed by atoms with Gasteiger partial charge in [0.25, 0.3) is 5.69 Å². The van der Waals surface area contributed by atoms with Crippen molar-refractivity contribution in [2.24, 2.45) is 0 Å². The number of halogens is 1. The van der Waals surface area contributed by atoms with Gasteiger partial charge < -0.3 is 9.29 Å². The molecule has 0 aromatic heterocycles. The summed E-state index contributed by atoms with van der Waals surface area (Å²) >= 11 is -2.33. The van der Waals surface area contributed by atoms with E-state index in [-0.39, 0.29) is 5.56 Å². The number of benzene rings is 1. The number of methoxy groups -OCH3 is 1. The van der Waals surface area contributed by atoms with Gasteiger partial charge in [-0.15, -0.1) is 0 Å². The molecule has 1 atom stereocenters. The second-order valence-electron chi connectivity index (χ2n) is 3.18. The van der Waals surface area contributed by atoms with Crippen LogP contribution in [0, 0.1) is 15.9 Å². The molecule has 0 heterocycles. The molecule has 0 radical (unpaired) electrons. The van der Waals surface area contributed by atoms with Gasteiger partial charge in [-0.1, -0.05) is 0 Å². The van der Waals surface area contributed by atoms with E-state index in [0.29, 0.717) is 6.07 Å². The zero-order valence-electron chi connectivity index (χ0n) is 9.08. The van der Waals surface area contributed by atoms with Crippen molar-refractivity contribution in [1.29, 1.82) is 0 Å². The molecule has 0 saturated carbocycles. The van der Waals surface area contributed by atoms with Crippen LogP contribution in [-0.4, -0.2) is 26.8 Å². The van der Waals surface area contributed by atoms with Crippen molar-refractivity contribution in [2.75, 3.05) is 7.11 Å². The van der Waals surface area contributed by atoms with E-state index in [1.807, 2.05) is 0 Å². The number of ether oxygens (including phenoxy) is 1. The van der Waals surface area contributed by atoms with Crippen LogP contribution in [0.15, 0.2) is 12.1 Å². The summed E-state index contributed by atoms with van der Waals surface area (Å²) in [4.78, 5) is 21.0. The number of carbonyl (C=O) groups excluding carboxylic acids is 1. The van der Waals surface area contributed by atoms with E-state index in [1.165, 1.54) is 0 Å². The number of nitro groups is 1. The maximum atomic E-state index is 13.4. The summed E-state index contributed by atoms with van der Waals surface area (Å²) in [6.07, 6.45) is 0. The molecular weight excluding hydrogens is 269 g/mol. The number of rotatable bonds is 4. The van der Waals surface area contributed by atoms with Crippen LogP contribution in [-0.2, 0) is 21.6 Å². The van der Waals surface area contributed by atoms with Crippen molar-refractivity contribution >= 4 is 22.7 Å². The Kier molecular flexibility index (Phi) is 4.45. The topological polar surface area (TPSA) is 107 Å². The minimum atomic E-state index is -2.33. The number of nitro benzene ring substituents is 1. The van der Waals surface area contributed by atoms with Crippen molar-refractivity contribution in [3.05, 3.63) is 39.2 Å². The molecular formula is C9H8FNO6S. The smallest absolute Gasteiger partial charge is 0.344 e. The largest absolute Gasteiger partial charge is 0.465 e. The van der Waals surface area contributed by atoms with Gasteiger partial charge in [0, 0.05) is 5.56 Å². The van der Waals surface area contributed by atoms with Crippen LogP contribution in [0.2, 0.25) is 0 Å². The van der Waals surface area contributed by atoms with Crippen molar-refractivity contribution in [2.45, 2.75) is 5.75 Å². The third-order valence-electron chi connectivity index (χ3n) is 2.05. The number of hydrogen-bond acceptors (Lipinski definition) is 5. The summed E-state index contributed by atoms with van der Waals surface area (Å²) in [5, 5.41) is 10.6. The maximum Gasteiger partial charge on any atom is 0.344 e. The van der Waals surface area contributed by atoms with Gasteiger partial charge in [0.2, 0.25) is 0 Å². The highest BCUT2D eigenvalue weighted by Gasteiger charge is 2.24. The second kappa shape index (κ2) is 5.65. The third-order valence-corrected chi connectivity index (χ3v) is 2.60. The summed E-state index contributed by atoms with van der Waals surface area (Å²) in [6, 6.07) is 1.36. The number of hydrogen-bond donors (Lipinski definition) is 1. The highest BCUT2D eigenvalue weighted by Crippen LogP contribution is 2.24. The number of carbonyl (C=O) groups is 1. The van der Waals surface area contributed by atoms with Crippen LogP contribution < -0.4 is 0 Å². The second-order valence-corrected chi connectivity index (χ2v) is 4.11. The molecule has 1 rings (SSSR count). The molecule has 18 heavy (non-hydrogen) atoms. The van der Waals surface area contributed by atoms with E-state index in [9.17, 15) is 23.5 Å². The van der Waals surface area contributed by atoms with Crippen molar-refractivity contribution in [3.63, 3.8) is 0 Å². The van der Waals surface area contributed by atoms with Crippen LogP contribution in [0.25, 0.3) is 0 Å². The molecule has 0 aliphatic rings. The fraction of sp³-hybridized carbons (Fsp3) is 0.222. The Balaban J connectivity index is 3.40. The van der Waals surface area contributed by atoms with E-state index in [4.69, 9.17) is 4.55 Å². The molecule has 0 spiro atoms. The van der Waals surface area contributed by atoms with E-state index >= 15 is 0 Å². The van der Waals surface area contributed by atoms with Gasteiger partial charge in [-0.3, -0.25) is 10.1 Å². The number of nitrogens with zero attached hydrogens (tertiary/aromatic N) is 1. The lowest BCUT2D eigenvalue weighted by atomic mass is 10.1. The van der Waals surface area contributed by atoms with Crippen LogP contribution >= 0.6 is 0 Å². The fourth-order valence-corrected chi connectivity index (χ4v) is 1.76. The zero-order chi connectivity index (χ0) is 13.9. The lowest BCUT2D eigenvalue weighted by Crippen LogP contribution is -2.09. The molecule has 0 fully saturated rings. The van der Waals surface area contributed by atoms with Gasteiger partial charge in [-0.05, 0) is 6.07 Å². The standard InChI is InChI=1S/C9H8FNO6S/c1-17-9(12)6-2-5(4-18(15)16)7(10)3-8(6)11(13)14/h2-3H,4H2,1H3,(H,15,16). The first-order valence-corrected chi connectivity index (χ1v) is 5.77. The minimum absolute atomic E-state index is 0.276. The predicted molar refractivity (Wildman–Crippen MR) is 58.9 cm³/mol. The Labute approximate surface area is 103 Å². The Bertz CT molecular complexity index is 532. The Morgan fingerprint density at radius 2 is 2.22 bits per heavy atom. The van der Waals surface area contributed by atoms with Crippen LogP contribution in [0.3, 0.4) is 0 Å². The molecule has 7 nitrogen and oxygen atoms in total. The monoisotopic (exact) mass is 277 g/mol. The Morgan fingerprint density at radius 1 is 1.61 bits per heavy atom. The first-order valence-electron chi connectivity index (χ1n) is 4.49. The molecule has 0 bridgehead atoms. The minimum Gasteiger partial charge on any atom is -0.465 e. The molecule has 0 aliphatic carbocycles. The quantitative estimate of drug-likeness (QED) is 0.384. The van der Waals surface area contributed by atoms with Gasteiger partial charge in [0.15, 0.2) is 11.1 Å². The van der Waals surface area contributed by atoms with E-state index in [1.54, 1.807) is 0 Å². The van der Waals surface area contributed by atoms with E-state index < -0.39 is 44.8 Å². The van der Waals surface area contributed by atoms with Crippen molar-refractivity contribution < 1.29 is 27.6 Å². The van der Waals surface area contributed by atoms with Gasteiger partial charge in [0.05, 0.1) is 23.9 Å². The summed E-state index contributed by atoms with van der Waals surface area (Å²) in [5.74, 6) is -2.63. The molecule has 9 heteroatoms. The molecule has 1 aromatic carbocycles. The lowest BCUT2D eigenvalue weighted by molar-refractivity contribution is -0.385. The maximum absolute atomic E-state index is 13.4. The van der Waals surface area contributed by atoms with Gasteiger partial charge in [-0.2, -0.15) is 0 Å². The first-order chi connectivity index (χ1) is 8.36. The van der Waals surface area contributed by atoms with Gasteiger partial charge >= 0.3 is 5.97 Å². The lowest BCUT2D eigenvalue weighted by Gasteiger charge is -2.05. The van der Waals surface area contributed by atoms with Gasteiger partial charge in [-0.25, -0.2) is 13.4 Å². The average molecular weight is 277 g/mol. The Hall–Kier alpha value is -1.87. The normalized spacial score (nSPS) is 11.9. The van der Waals surface area contributed by atoms with Crippen molar-refractivity contribution in [1.82, 2.24) is 0 Å². The molecule has 1 unspecified atom stereocenters. The van der Waals surface area contributed by atoms with Crippen LogP contribution in [0.5, 0.6) is 0 Å². The van der Waals surface area contributed by atoms with E-state index in [2.05, 4.69) is 4.74 Å². The first kappa shape index (κ1) is 14.2. The molecule has 1 aromatic rings. The molecule has 0 saturated heterocycles. The molecule has 0 amide bonds. The van der Waals surface area contributed by atoms with Crippen LogP contribution in [0.1, 0.15) is 15.9 Å².